The number of hydrogen-bond acceptors (Lipinski definition) is 4. The Morgan fingerprint density at radius 3 is 2.50 bits per heavy atom. The van der Waals surface area contributed by atoms with E-state index in [1.807, 2.05) is 37.4 Å². The number of nitrogens with two attached hydrogens (primary N) is 1. The van der Waals surface area contributed by atoms with Gasteiger partial charge in [0, 0.05) is 21.0 Å². The monoisotopic (exact) mass is 238 g/mol. The van der Waals surface area contributed by atoms with Gasteiger partial charge in [0.15, 0.2) is 0 Å². The van der Waals surface area contributed by atoms with E-state index in [0.717, 1.165) is 10.9 Å². The zero-order valence-corrected chi connectivity index (χ0v) is 10.7. The van der Waals surface area contributed by atoms with Gasteiger partial charge in [0.05, 0.1) is 6.21 Å². The van der Waals surface area contributed by atoms with Gasteiger partial charge in [0.2, 0.25) is 0 Å². The van der Waals surface area contributed by atoms with Crippen molar-refractivity contribution in [1.82, 2.24) is 0 Å². The molecule has 0 fully saturated rings. The highest BCUT2D eigenvalue weighted by molar-refractivity contribution is 7.17. The molecule has 0 radical (unpaired) electrons. The van der Waals surface area contributed by atoms with Crippen LogP contribution in [0.2, 0.25) is 0 Å². The highest BCUT2D eigenvalue weighted by Gasteiger charge is 1.99. The molecule has 3 nitrogen and oxygen atoms in total. The number of fused-ring (bicyclic) bond motifs is 1. The first-order valence-electron chi connectivity index (χ1n) is 5.13. The van der Waals surface area contributed by atoms with E-state index in [0.29, 0.717) is 0 Å². The third-order valence-electron chi connectivity index (χ3n) is 1.71. The van der Waals surface area contributed by atoms with Crippen LogP contribution in [0.3, 0.4) is 0 Å². The molecule has 4 heteroatoms. The first-order chi connectivity index (χ1) is 7.92. The summed E-state index contributed by atoms with van der Waals surface area (Å²) in [7, 11) is 1.50. The Morgan fingerprint density at radius 2 is 1.88 bits per heavy atom. The van der Waals surface area contributed by atoms with E-state index in [1.54, 1.807) is 11.3 Å². The lowest BCUT2D eigenvalue weighted by Crippen LogP contribution is -1.75. The van der Waals surface area contributed by atoms with Crippen molar-refractivity contribution < 1.29 is 5.21 Å². The van der Waals surface area contributed by atoms with Gasteiger partial charge < -0.3 is 10.9 Å². The Bertz CT molecular complexity index is 424. The molecule has 0 aliphatic rings. The fraction of sp³-hybridized carbons (Fsp3) is 0.250. The fourth-order valence-electron chi connectivity index (χ4n) is 1.16. The molecule has 0 saturated heterocycles. The third-order valence-corrected chi connectivity index (χ3v) is 2.69. The van der Waals surface area contributed by atoms with Crippen molar-refractivity contribution in [3.63, 3.8) is 0 Å². The van der Waals surface area contributed by atoms with Gasteiger partial charge in [-0.2, -0.15) is 0 Å². The number of oxime groups is 1. The Hall–Kier alpha value is -1.39. The van der Waals surface area contributed by atoms with Crippen LogP contribution >= 0.6 is 11.3 Å². The molecule has 0 spiro atoms. The number of hydrogen-bond donors (Lipinski definition) is 2. The minimum Gasteiger partial charge on any atom is -0.411 e. The van der Waals surface area contributed by atoms with E-state index >= 15 is 0 Å². The molecule has 2 aromatic rings. The van der Waals surface area contributed by atoms with Gasteiger partial charge in [-0.15, -0.1) is 11.3 Å². The van der Waals surface area contributed by atoms with Crippen molar-refractivity contribution in [2.24, 2.45) is 10.9 Å². The molecule has 0 amide bonds. The molecular formula is C12H18N2OS. The molecule has 3 N–H and O–H groups in total. The zero-order valence-electron chi connectivity index (χ0n) is 9.84. The summed E-state index contributed by atoms with van der Waals surface area (Å²) < 4.78 is 1.22. The Kier molecular flexibility index (Phi) is 8.11. The molecule has 1 aromatic heterocycles. The Balaban J connectivity index is 0.000000509. The van der Waals surface area contributed by atoms with Crippen molar-refractivity contribution in [3.8, 4) is 0 Å². The molecule has 16 heavy (non-hydrogen) atoms. The topological polar surface area (TPSA) is 58.6 Å². The van der Waals surface area contributed by atoms with Crippen LogP contribution in [-0.2, 0) is 0 Å². The van der Waals surface area contributed by atoms with Gasteiger partial charge in [-0.1, -0.05) is 37.2 Å². The molecule has 0 unspecified atom stereocenters. The van der Waals surface area contributed by atoms with Crippen LogP contribution in [0.15, 0.2) is 34.8 Å². The number of thiophene rings is 1. The molecule has 1 aromatic carbocycles. The van der Waals surface area contributed by atoms with Gasteiger partial charge in [-0.25, -0.2) is 0 Å². The summed E-state index contributed by atoms with van der Waals surface area (Å²) in [6, 6.07) is 8.04. The van der Waals surface area contributed by atoms with Gasteiger partial charge in [0.1, 0.15) is 0 Å². The lowest BCUT2D eigenvalue weighted by molar-refractivity contribution is 0.322. The summed E-state index contributed by atoms with van der Waals surface area (Å²) in [6.07, 6.45) is 1.46. The second kappa shape index (κ2) is 8.88. The van der Waals surface area contributed by atoms with Gasteiger partial charge in [0.25, 0.3) is 0 Å². The summed E-state index contributed by atoms with van der Waals surface area (Å²) in [6.45, 7) is 4.00. The van der Waals surface area contributed by atoms with Crippen LogP contribution < -0.4 is 5.73 Å². The maximum Gasteiger partial charge on any atom is 0.0748 e. The quantitative estimate of drug-likeness (QED) is 0.455. The van der Waals surface area contributed by atoms with E-state index in [4.69, 9.17) is 5.21 Å². The van der Waals surface area contributed by atoms with E-state index in [1.165, 1.54) is 18.0 Å². The van der Waals surface area contributed by atoms with Crippen LogP contribution in [0.5, 0.6) is 0 Å². The van der Waals surface area contributed by atoms with E-state index in [9.17, 15) is 0 Å². The third kappa shape index (κ3) is 3.64. The maximum atomic E-state index is 8.37. The summed E-state index contributed by atoms with van der Waals surface area (Å²) in [5, 5.41) is 14.5. The molecule has 0 aliphatic carbocycles. The zero-order chi connectivity index (χ0) is 12.4. The van der Waals surface area contributed by atoms with Gasteiger partial charge >= 0.3 is 0 Å². The second-order valence-corrected chi connectivity index (χ2v) is 3.34. The summed E-state index contributed by atoms with van der Waals surface area (Å²) in [4.78, 5) is 0. The summed E-state index contributed by atoms with van der Waals surface area (Å²) in [5.41, 5.74) is 5.47. The molecule has 88 valence electrons. The number of benzene rings is 1. The second-order valence-electron chi connectivity index (χ2n) is 2.43. The van der Waals surface area contributed by atoms with Crippen molar-refractivity contribution >= 4 is 27.6 Å². The lowest BCUT2D eigenvalue weighted by atomic mass is 10.2. The first-order valence-corrected chi connectivity index (χ1v) is 6.01. The molecule has 2 rings (SSSR count). The van der Waals surface area contributed by atoms with Crippen LogP contribution in [0, 0.1) is 0 Å². The van der Waals surface area contributed by atoms with Gasteiger partial charge in [-0.3, -0.25) is 0 Å². The molecule has 0 bridgehead atoms. The maximum absolute atomic E-state index is 8.37. The van der Waals surface area contributed by atoms with E-state index in [-0.39, 0.29) is 0 Å². The average molecular weight is 238 g/mol. The SMILES string of the molecule is CC.CN.O/N=C/c1csc2ccccc12. The van der Waals surface area contributed by atoms with Crippen molar-refractivity contribution in [2.75, 3.05) is 7.05 Å². The van der Waals surface area contributed by atoms with E-state index in [2.05, 4.69) is 17.0 Å². The normalized spacial score (nSPS) is 9.25. The fourth-order valence-corrected chi connectivity index (χ4v) is 2.07. The van der Waals surface area contributed by atoms with Crippen LogP contribution in [0.4, 0.5) is 0 Å². The Labute approximate surface area is 100 Å². The minimum atomic E-state index is 0.970. The predicted octanol–water partition coefficient (Wildman–Crippen LogP) is 3.31. The summed E-state index contributed by atoms with van der Waals surface area (Å²) in [5.74, 6) is 0. The van der Waals surface area contributed by atoms with Crippen LogP contribution in [0.1, 0.15) is 19.4 Å². The molecule has 0 aliphatic heterocycles. The van der Waals surface area contributed by atoms with E-state index < -0.39 is 0 Å². The van der Waals surface area contributed by atoms with Crippen LogP contribution in [-0.4, -0.2) is 18.5 Å². The Morgan fingerprint density at radius 1 is 1.25 bits per heavy atom. The highest BCUT2D eigenvalue weighted by Crippen LogP contribution is 2.23. The lowest BCUT2D eigenvalue weighted by Gasteiger charge is -1.87. The molecular weight excluding hydrogens is 220 g/mol. The van der Waals surface area contributed by atoms with Crippen LogP contribution in [0.25, 0.3) is 10.1 Å². The first kappa shape index (κ1) is 14.6. The standard InChI is InChI=1S/C9H7NOS.C2H6.CH5N/c11-10-5-7-6-12-9-4-2-1-3-8(7)9;2*1-2/h1-6,11H;1-2H3;2H2,1H3/b10-5+;;. The van der Waals surface area contributed by atoms with Gasteiger partial charge in [-0.05, 0) is 13.1 Å². The predicted molar refractivity (Wildman–Crippen MR) is 72.7 cm³/mol. The molecule has 0 saturated carbocycles. The summed E-state index contributed by atoms with van der Waals surface area (Å²) >= 11 is 1.65. The molecule has 0 atom stereocenters. The van der Waals surface area contributed by atoms with Crippen molar-refractivity contribution in [3.05, 3.63) is 35.2 Å². The minimum absolute atomic E-state index is 0.970. The smallest absolute Gasteiger partial charge is 0.0748 e. The van der Waals surface area contributed by atoms with Crippen molar-refractivity contribution in [1.29, 1.82) is 0 Å². The number of rotatable bonds is 1. The molecule has 1 heterocycles. The largest absolute Gasteiger partial charge is 0.411 e. The average Bonchev–Trinajstić information content (AvgIpc) is 2.79. The van der Waals surface area contributed by atoms with Crippen molar-refractivity contribution in [2.45, 2.75) is 13.8 Å². The highest BCUT2D eigenvalue weighted by atomic mass is 32.1. The number of nitrogens with zero attached hydrogens (tertiary/aromatic N) is 1.